The van der Waals surface area contributed by atoms with E-state index in [4.69, 9.17) is 27.9 Å². The molecule has 0 bridgehead atoms. The first-order valence-electron chi connectivity index (χ1n) is 8.22. The molecule has 0 saturated carbocycles. The molecule has 7 heteroatoms. The minimum Gasteiger partial charge on any atom is -0.465 e. The molecule has 1 aliphatic heterocycles. The molecular formula is C19H19Cl2N2O3+. The second kappa shape index (κ2) is 8.08. The number of rotatable bonds is 4. The van der Waals surface area contributed by atoms with Crippen molar-refractivity contribution in [2.24, 2.45) is 0 Å². The van der Waals surface area contributed by atoms with E-state index in [1.807, 2.05) is 24.3 Å². The summed E-state index contributed by atoms with van der Waals surface area (Å²) in [6.07, 6.45) is 0.545. The average Bonchev–Trinajstić information content (AvgIpc) is 2.63. The molecule has 26 heavy (non-hydrogen) atoms. The lowest BCUT2D eigenvalue weighted by Gasteiger charge is -2.31. The molecule has 0 saturated heterocycles. The van der Waals surface area contributed by atoms with Crippen LogP contribution in [0.25, 0.3) is 0 Å². The van der Waals surface area contributed by atoms with Gasteiger partial charge in [-0.3, -0.25) is 4.79 Å². The van der Waals surface area contributed by atoms with Crippen LogP contribution in [0, 0.1) is 0 Å². The Balaban J connectivity index is 1.76. The van der Waals surface area contributed by atoms with E-state index in [1.54, 1.807) is 18.2 Å². The van der Waals surface area contributed by atoms with Crippen molar-refractivity contribution in [3.63, 3.8) is 0 Å². The fourth-order valence-corrected chi connectivity index (χ4v) is 3.57. The van der Waals surface area contributed by atoms with Crippen molar-refractivity contribution in [3.05, 3.63) is 63.6 Å². The van der Waals surface area contributed by atoms with Crippen LogP contribution in [0.1, 0.15) is 11.1 Å². The van der Waals surface area contributed by atoms with Gasteiger partial charge in [-0.1, -0.05) is 47.5 Å². The summed E-state index contributed by atoms with van der Waals surface area (Å²) in [7, 11) is 1.37. The maximum Gasteiger partial charge on any atom is 0.365 e. The molecule has 0 fully saturated rings. The van der Waals surface area contributed by atoms with Gasteiger partial charge in [-0.05, 0) is 23.8 Å². The van der Waals surface area contributed by atoms with Gasteiger partial charge in [-0.2, -0.15) is 0 Å². The zero-order valence-electron chi connectivity index (χ0n) is 14.2. The van der Waals surface area contributed by atoms with E-state index in [-0.39, 0.29) is 18.4 Å². The van der Waals surface area contributed by atoms with Gasteiger partial charge < -0.3 is 15.0 Å². The Morgan fingerprint density at radius 3 is 2.65 bits per heavy atom. The number of fused-ring (bicyclic) bond motifs is 1. The van der Waals surface area contributed by atoms with Gasteiger partial charge in [0.05, 0.1) is 17.8 Å². The van der Waals surface area contributed by atoms with E-state index in [0.717, 1.165) is 16.0 Å². The van der Waals surface area contributed by atoms with Crippen molar-refractivity contribution in [1.82, 2.24) is 0 Å². The maximum absolute atomic E-state index is 12.5. The normalized spacial score (nSPS) is 18.7. The van der Waals surface area contributed by atoms with E-state index in [1.165, 1.54) is 7.11 Å². The second-order valence-electron chi connectivity index (χ2n) is 6.23. The molecule has 5 nitrogen and oxygen atoms in total. The Morgan fingerprint density at radius 1 is 1.19 bits per heavy atom. The summed E-state index contributed by atoms with van der Waals surface area (Å²) in [4.78, 5) is 25.6. The number of methoxy groups -OCH3 is 1. The van der Waals surface area contributed by atoms with E-state index < -0.39 is 6.04 Å². The molecule has 1 amide bonds. The number of hydrogen-bond acceptors (Lipinski definition) is 3. The molecule has 0 spiro atoms. The highest BCUT2D eigenvalue weighted by Crippen LogP contribution is 2.25. The molecule has 2 N–H and O–H groups in total. The summed E-state index contributed by atoms with van der Waals surface area (Å²) >= 11 is 12.1. The Bertz CT molecular complexity index is 841. The van der Waals surface area contributed by atoms with Crippen molar-refractivity contribution < 1.29 is 19.2 Å². The fourth-order valence-electron chi connectivity index (χ4n) is 3.23. The van der Waals surface area contributed by atoms with Crippen LogP contribution in [-0.4, -0.2) is 31.6 Å². The number of nitrogens with one attached hydrogen (secondary N) is 2. The third kappa shape index (κ3) is 4.18. The number of carbonyl (C=O) groups is 2. The molecular weight excluding hydrogens is 375 g/mol. The Labute approximate surface area is 161 Å². The second-order valence-corrected chi connectivity index (χ2v) is 7.08. The van der Waals surface area contributed by atoms with E-state index >= 15 is 0 Å². The van der Waals surface area contributed by atoms with Crippen molar-refractivity contribution in [1.29, 1.82) is 0 Å². The molecule has 0 aromatic heterocycles. The van der Waals surface area contributed by atoms with Gasteiger partial charge in [-0.15, -0.1) is 0 Å². The summed E-state index contributed by atoms with van der Waals surface area (Å²) in [5, 5.41) is 3.66. The van der Waals surface area contributed by atoms with E-state index in [0.29, 0.717) is 28.7 Å². The highest BCUT2D eigenvalue weighted by atomic mass is 35.5. The van der Waals surface area contributed by atoms with Crippen LogP contribution in [0.5, 0.6) is 0 Å². The van der Waals surface area contributed by atoms with Crippen LogP contribution < -0.4 is 10.2 Å². The molecule has 2 aromatic carbocycles. The van der Waals surface area contributed by atoms with Crippen LogP contribution in [0.3, 0.4) is 0 Å². The van der Waals surface area contributed by atoms with Crippen LogP contribution >= 0.6 is 23.2 Å². The highest BCUT2D eigenvalue weighted by molar-refractivity contribution is 6.35. The smallest absolute Gasteiger partial charge is 0.365 e. The largest absolute Gasteiger partial charge is 0.465 e. The standard InChI is InChI=1S/C19H18Cl2N2O3/c1-26-19(25)17-8-12-4-2-3-5-13(12)10-23(17)11-18(24)22-16-9-14(20)6-7-15(16)21/h2-7,9,17H,8,10-11H2,1H3,(H,22,24)/p+1/t17-/m1/s1. The lowest BCUT2D eigenvalue weighted by Crippen LogP contribution is -3.17. The number of benzene rings is 2. The zero-order valence-corrected chi connectivity index (χ0v) is 15.7. The molecule has 2 atom stereocenters. The van der Waals surface area contributed by atoms with Gasteiger partial charge in [0, 0.05) is 17.0 Å². The number of amides is 1. The molecule has 136 valence electrons. The van der Waals surface area contributed by atoms with Crippen molar-refractivity contribution in [3.8, 4) is 0 Å². The van der Waals surface area contributed by atoms with Gasteiger partial charge >= 0.3 is 5.97 Å². The monoisotopic (exact) mass is 393 g/mol. The quantitative estimate of drug-likeness (QED) is 0.782. The first-order chi connectivity index (χ1) is 12.5. The van der Waals surface area contributed by atoms with Crippen molar-refractivity contribution in [2.75, 3.05) is 19.0 Å². The molecule has 1 unspecified atom stereocenters. The number of esters is 1. The predicted molar refractivity (Wildman–Crippen MR) is 101 cm³/mol. The first kappa shape index (κ1) is 18.7. The van der Waals surface area contributed by atoms with E-state index in [9.17, 15) is 9.59 Å². The first-order valence-corrected chi connectivity index (χ1v) is 8.97. The molecule has 0 aliphatic carbocycles. The maximum atomic E-state index is 12.5. The molecule has 0 radical (unpaired) electrons. The van der Waals surface area contributed by atoms with Crippen molar-refractivity contribution >= 4 is 40.8 Å². The number of halogens is 2. The lowest BCUT2D eigenvalue weighted by atomic mass is 9.94. The van der Waals surface area contributed by atoms with Gasteiger partial charge in [-0.25, -0.2) is 4.79 Å². The van der Waals surface area contributed by atoms with Gasteiger partial charge in [0.2, 0.25) is 0 Å². The fraction of sp³-hybridized carbons (Fsp3) is 0.263. The number of anilines is 1. The Hall–Kier alpha value is -2.08. The Morgan fingerprint density at radius 2 is 1.92 bits per heavy atom. The van der Waals surface area contributed by atoms with Crippen molar-refractivity contribution in [2.45, 2.75) is 19.0 Å². The summed E-state index contributed by atoms with van der Waals surface area (Å²) in [5.74, 6) is -0.555. The van der Waals surface area contributed by atoms with Gasteiger partial charge in [0.25, 0.3) is 5.91 Å². The van der Waals surface area contributed by atoms with Gasteiger partial charge in [0.15, 0.2) is 12.6 Å². The SMILES string of the molecule is COC(=O)[C@H]1Cc2ccccc2C[NH+]1CC(=O)Nc1cc(Cl)ccc1Cl. The predicted octanol–water partition coefficient (Wildman–Crippen LogP) is 2.11. The molecule has 1 aliphatic rings. The third-order valence-corrected chi connectivity index (χ3v) is 5.09. The van der Waals surface area contributed by atoms with E-state index in [2.05, 4.69) is 5.32 Å². The lowest BCUT2D eigenvalue weighted by molar-refractivity contribution is -0.924. The summed E-state index contributed by atoms with van der Waals surface area (Å²) in [6.45, 7) is 0.698. The number of carbonyl (C=O) groups excluding carboxylic acids is 2. The Kier molecular flexibility index (Phi) is 5.81. The zero-order chi connectivity index (χ0) is 18.7. The number of ether oxygens (including phenoxy) is 1. The van der Waals surface area contributed by atoms with Crippen LogP contribution in [0.15, 0.2) is 42.5 Å². The summed E-state index contributed by atoms with van der Waals surface area (Å²) in [5.41, 5.74) is 2.71. The minimum atomic E-state index is -0.421. The molecule has 3 rings (SSSR count). The average molecular weight is 394 g/mol. The third-order valence-electron chi connectivity index (χ3n) is 4.53. The molecule has 1 heterocycles. The highest BCUT2D eigenvalue weighted by Gasteiger charge is 2.37. The topological polar surface area (TPSA) is 59.8 Å². The van der Waals surface area contributed by atoms with Crippen LogP contribution in [-0.2, 0) is 27.3 Å². The summed E-state index contributed by atoms with van der Waals surface area (Å²) in [6, 6.07) is 12.4. The minimum absolute atomic E-state index is 0.122. The summed E-state index contributed by atoms with van der Waals surface area (Å²) < 4.78 is 4.94. The van der Waals surface area contributed by atoms with Gasteiger partial charge in [0.1, 0.15) is 6.54 Å². The number of quaternary nitrogens is 1. The molecule has 2 aromatic rings. The van der Waals surface area contributed by atoms with Crippen LogP contribution in [0.4, 0.5) is 5.69 Å². The van der Waals surface area contributed by atoms with Crippen LogP contribution in [0.2, 0.25) is 10.0 Å². The number of hydrogen-bond donors (Lipinski definition) is 2.